The van der Waals surface area contributed by atoms with Crippen molar-refractivity contribution in [1.82, 2.24) is 5.32 Å². The number of nitrogens with one attached hydrogen (secondary N) is 1. The first kappa shape index (κ1) is 13.9. The number of carbonyl (C=O) groups excluding carboxylic acids is 1. The van der Waals surface area contributed by atoms with Crippen LogP contribution in [0.1, 0.15) is 28.4 Å². The molecule has 0 saturated carbocycles. The van der Waals surface area contributed by atoms with Gasteiger partial charge in [-0.3, -0.25) is 4.79 Å². The summed E-state index contributed by atoms with van der Waals surface area (Å²) in [4.78, 5) is 12.0. The van der Waals surface area contributed by atoms with E-state index in [0.717, 1.165) is 12.0 Å². The molecule has 4 N–H and O–H groups in total. The van der Waals surface area contributed by atoms with E-state index in [1.165, 1.54) is 23.8 Å². The van der Waals surface area contributed by atoms with Crippen molar-refractivity contribution in [2.75, 3.05) is 5.73 Å². The Morgan fingerprint density at radius 1 is 1.15 bits per heavy atom. The monoisotopic (exact) mass is 270 g/mol. The standard InChI is InChI=1S/C16H18N2O2/c1-2-11-3-5-12(6-4-11)10-18-16(20)14-9-13(19)7-8-15(14)17/h3-9,19H,2,10,17H2,1H3,(H,18,20). The number of benzene rings is 2. The quantitative estimate of drug-likeness (QED) is 0.590. The first-order valence-corrected chi connectivity index (χ1v) is 6.54. The maximum atomic E-state index is 12.0. The Morgan fingerprint density at radius 2 is 1.80 bits per heavy atom. The number of nitrogens with two attached hydrogens (primary N) is 1. The van der Waals surface area contributed by atoms with E-state index in [0.29, 0.717) is 12.2 Å². The Labute approximate surface area is 118 Å². The fourth-order valence-corrected chi connectivity index (χ4v) is 1.91. The van der Waals surface area contributed by atoms with E-state index in [1.54, 1.807) is 0 Å². The molecule has 2 aromatic rings. The van der Waals surface area contributed by atoms with Gasteiger partial charge in [-0.15, -0.1) is 0 Å². The molecule has 0 unspecified atom stereocenters. The number of anilines is 1. The van der Waals surface area contributed by atoms with Crippen LogP contribution in [0, 0.1) is 0 Å². The van der Waals surface area contributed by atoms with Crippen LogP contribution in [0.15, 0.2) is 42.5 Å². The van der Waals surface area contributed by atoms with Gasteiger partial charge in [0, 0.05) is 12.2 Å². The van der Waals surface area contributed by atoms with Crippen molar-refractivity contribution in [1.29, 1.82) is 0 Å². The SMILES string of the molecule is CCc1ccc(CNC(=O)c2cc(O)ccc2N)cc1. The van der Waals surface area contributed by atoms with Crippen LogP contribution in [0.5, 0.6) is 5.75 Å². The second kappa shape index (κ2) is 6.10. The number of hydrogen-bond acceptors (Lipinski definition) is 3. The molecule has 0 aliphatic carbocycles. The van der Waals surface area contributed by atoms with Crippen molar-refractivity contribution >= 4 is 11.6 Å². The van der Waals surface area contributed by atoms with Crippen LogP contribution < -0.4 is 11.1 Å². The van der Waals surface area contributed by atoms with Crippen LogP contribution in [0.4, 0.5) is 5.69 Å². The number of hydrogen-bond donors (Lipinski definition) is 3. The molecule has 0 fully saturated rings. The van der Waals surface area contributed by atoms with Crippen molar-refractivity contribution in [2.45, 2.75) is 19.9 Å². The van der Waals surface area contributed by atoms with E-state index in [1.807, 2.05) is 24.3 Å². The van der Waals surface area contributed by atoms with Gasteiger partial charge in [-0.2, -0.15) is 0 Å². The average molecular weight is 270 g/mol. The number of nitrogen functional groups attached to an aromatic ring is 1. The van der Waals surface area contributed by atoms with Crippen LogP contribution in [-0.4, -0.2) is 11.0 Å². The summed E-state index contributed by atoms with van der Waals surface area (Å²) in [6.07, 6.45) is 0.993. The third-order valence-corrected chi connectivity index (χ3v) is 3.17. The average Bonchev–Trinajstić information content (AvgIpc) is 2.47. The molecule has 0 heterocycles. The molecule has 2 rings (SSSR count). The summed E-state index contributed by atoms with van der Waals surface area (Å²) in [5.41, 5.74) is 8.65. The molecule has 2 aromatic carbocycles. The van der Waals surface area contributed by atoms with Crippen LogP contribution >= 0.6 is 0 Å². The van der Waals surface area contributed by atoms with E-state index in [4.69, 9.17) is 5.73 Å². The predicted molar refractivity (Wildman–Crippen MR) is 79.5 cm³/mol. The van der Waals surface area contributed by atoms with Crippen molar-refractivity contribution in [2.24, 2.45) is 0 Å². The molecule has 0 atom stereocenters. The maximum Gasteiger partial charge on any atom is 0.253 e. The summed E-state index contributed by atoms with van der Waals surface area (Å²) in [7, 11) is 0. The molecule has 0 spiro atoms. The molecule has 0 aliphatic heterocycles. The highest BCUT2D eigenvalue weighted by molar-refractivity contribution is 5.99. The van der Waals surface area contributed by atoms with Gasteiger partial charge in [0.15, 0.2) is 0 Å². The molecular weight excluding hydrogens is 252 g/mol. The number of carbonyl (C=O) groups is 1. The van der Waals surface area contributed by atoms with Gasteiger partial charge in [0.25, 0.3) is 5.91 Å². The van der Waals surface area contributed by atoms with Gasteiger partial charge in [0.05, 0.1) is 5.56 Å². The van der Waals surface area contributed by atoms with Crippen LogP contribution in [-0.2, 0) is 13.0 Å². The summed E-state index contributed by atoms with van der Waals surface area (Å²) in [5.74, 6) is -0.269. The number of aryl methyl sites for hydroxylation is 1. The molecule has 1 amide bonds. The van der Waals surface area contributed by atoms with Gasteiger partial charge in [-0.25, -0.2) is 0 Å². The highest BCUT2D eigenvalue weighted by Gasteiger charge is 2.10. The maximum absolute atomic E-state index is 12.0. The first-order valence-electron chi connectivity index (χ1n) is 6.54. The lowest BCUT2D eigenvalue weighted by atomic mass is 10.1. The molecule has 0 bridgehead atoms. The lowest BCUT2D eigenvalue weighted by Gasteiger charge is -2.08. The molecule has 0 radical (unpaired) electrons. The lowest BCUT2D eigenvalue weighted by Crippen LogP contribution is -2.23. The normalized spacial score (nSPS) is 10.2. The van der Waals surface area contributed by atoms with Crippen LogP contribution in [0.2, 0.25) is 0 Å². The molecule has 104 valence electrons. The molecule has 0 saturated heterocycles. The number of phenolic OH excluding ortho intramolecular Hbond substituents is 1. The Balaban J connectivity index is 2.02. The van der Waals surface area contributed by atoms with Crippen LogP contribution in [0.25, 0.3) is 0 Å². The van der Waals surface area contributed by atoms with Crippen molar-refractivity contribution < 1.29 is 9.90 Å². The zero-order valence-corrected chi connectivity index (χ0v) is 11.4. The zero-order valence-electron chi connectivity index (χ0n) is 11.4. The van der Waals surface area contributed by atoms with E-state index in [-0.39, 0.29) is 17.2 Å². The smallest absolute Gasteiger partial charge is 0.253 e. The van der Waals surface area contributed by atoms with E-state index in [9.17, 15) is 9.90 Å². The van der Waals surface area contributed by atoms with Crippen LogP contribution in [0.3, 0.4) is 0 Å². The summed E-state index contributed by atoms with van der Waals surface area (Å²) in [6, 6.07) is 12.4. The number of rotatable bonds is 4. The molecule has 20 heavy (non-hydrogen) atoms. The fourth-order valence-electron chi connectivity index (χ4n) is 1.91. The van der Waals surface area contributed by atoms with Crippen molar-refractivity contribution in [3.63, 3.8) is 0 Å². The topological polar surface area (TPSA) is 75.3 Å². The van der Waals surface area contributed by atoms with Gasteiger partial charge < -0.3 is 16.2 Å². The fraction of sp³-hybridized carbons (Fsp3) is 0.188. The third-order valence-electron chi connectivity index (χ3n) is 3.17. The second-order valence-corrected chi connectivity index (χ2v) is 4.62. The molecule has 0 aromatic heterocycles. The van der Waals surface area contributed by atoms with Gasteiger partial charge >= 0.3 is 0 Å². The van der Waals surface area contributed by atoms with E-state index >= 15 is 0 Å². The van der Waals surface area contributed by atoms with Crippen molar-refractivity contribution in [3.8, 4) is 5.75 Å². The van der Waals surface area contributed by atoms with E-state index < -0.39 is 0 Å². The lowest BCUT2D eigenvalue weighted by molar-refractivity contribution is 0.0951. The predicted octanol–water partition coefficient (Wildman–Crippen LogP) is 2.47. The Hall–Kier alpha value is -2.49. The highest BCUT2D eigenvalue weighted by Crippen LogP contribution is 2.18. The summed E-state index contributed by atoms with van der Waals surface area (Å²) in [6.45, 7) is 2.53. The molecular formula is C16H18N2O2. The minimum atomic E-state index is -0.294. The minimum Gasteiger partial charge on any atom is -0.508 e. The van der Waals surface area contributed by atoms with E-state index in [2.05, 4.69) is 12.2 Å². The summed E-state index contributed by atoms with van der Waals surface area (Å²) >= 11 is 0. The first-order chi connectivity index (χ1) is 9.60. The molecule has 4 nitrogen and oxygen atoms in total. The summed E-state index contributed by atoms with van der Waals surface area (Å²) in [5, 5.41) is 12.2. The minimum absolute atomic E-state index is 0.0247. The molecule has 4 heteroatoms. The van der Waals surface area contributed by atoms with Gasteiger partial charge in [-0.05, 0) is 35.7 Å². The number of amides is 1. The second-order valence-electron chi connectivity index (χ2n) is 4.62. The third kappa shape index (κ3) is 3.29. The molecule has 0 aliphatic rings. The Kier molecular flexibility index (Phi) is 4.25. The van der Waals surface area contributed by atoms with Gasteiger partial charge in [0.1, 0.15) is 5.75 Å². The number of phenols is 1. The summed E-state index contributed by atoms with van der Waals surface area (Å²) < 4.78 is 0. The number of aromatic hydroxyl groups is 1. The van der Waals surface area contributed by atoms with Gasteiger partial charge in [-0.1, -0.05) is 31.2 Å². The Morgan fingerprint density at radius 3 is 2.45 bits per heavy atom. The largest absolute Gasteiger partial charge is 0.508 e. The highest BCUT2D eigenvalue weighted by atomic mass is 16.3. The van der Waals surface area contributed by atoms with Crippen molar-refractivity contribution in [3.05, 3.63) is 59.2 Å². The zero-order chi connectivity index (χ0) is 14.5. The Bertz CT molecular complexity index is 606. The van der Waals surface area contributed by atoms with Gasteiger partial charge in [0.2, 0.25) is 0 Å².